The summed E-state index contributed by atoms with van der Waals surface area (Å²) in [5.74, 6) is -0.317. The first kappa shape index (κ1) is 14.7. The molecule has 2 rings (SSSR count). The molecule has 0 spiro atoms. The highest BCUT2D eigenvalue weighted by molar-refractivity contribution is 5.22. The zero-order chi connectivity index (χ0) is 14.5. The van der Waals surface area contributed by atoms with E-state index in [1.54, 1.807) is 12.1 Å². The second kappa shape index (κ2) is 6.64. The SMILES string of the molecule is Cc1cccc(CN(C)CC(O)c2cccc(F)c2)c1. The van der Waals surface area contributed by atoms with Gasteiger partial charge >= 0.3 is 0 Å². The van der Waals surface area contributed by atoms with Crippen LogP contribution in [0.4, 0.5) is 4.39 Å². The van der Waals surface area contributed by atoms with Crippen LogP contribution in [0.5, 0.6) is 0 Å². The molecule has 2 nitrogen and oxygen atoms in total. The van der Waals surface area contributed by atoms with Gasteiger partial charge in [-0.2, -0.15) is 0 Å². The van der Waals surface area contributed by atoms with Crippen molar-refractivity contribution in [2.45, 2.75) is 19.6 Å². The number of aryl methyl sites for hydroxylation is 1. The van der Waals surface area contributed by atoms with Crippen molar-refractivity contribution in [3.63, 3.8) is 0 Å². The van der Waals surface area contributed by atoms with Gasteiger partial charge in [0.15, 0.2) is 0 Å². The van der Waals surface area contributed by atoms with Gasteiger partial charge in [-0.25, -0.2) is 4.39 Å². The van der Waals surface area contributed by atoms with Gasteiger partial charge in [0, 0.05) is 13.1 Å². The number of nitrogens with zero attached hydrogens (tertiary/aromatic N) is 1. The van der Waals surface area contributed by atoms with Crippen LogP contribution in [0.15, 0.2) is 48.5 Å². The van der Waals surface area contributed by atoms with Crippen molar-refractivity contribution in [1.29, 1.82) is 0 Å². The summed E-state index contributed by atoms with van der Waals surface area (Å²) in [4.78, 5) is 2.03. The number of aliphatic hydroxyl groups excluding tert-OH is 1. The summed E-state index contributed by atoms with van der Waals surface area (Å²) < 4.78 is 13.1. The smallest absolute Gasteiger partial charge is 0.123 e. The lowest BCUT2D eigenvalue weighted by atomic mass is 10.1. The molecule has 0 bridgehead atoms. The summed E-state index contributed by atoms with van der Waals surface area (Å²) in [7, 11) is 1.95. The minimum absolute atomic E-state index is 0.317. The number of rotatable bonds is 5. The molecule has 0 aliphatic carbocycles. The second-order valence-electron chi connectivity index (χ2n) is 5.26. The van der Waals surface area contributed by atoms with Crippen molar-refractivity contribution in [2.24, 2.45) is 0 Å². The molecule has 20 heavy (non-hydrogen) atoms. The van der Waals surface area contributed by atoms with Crippen LogP contribution in [0.1, 0.15) is 22.8 Å². The van der Waals surface area contributed by atoms with Crippen molar-refractivity contribution in [2.75, 3.05) is 13.6 Å². The first-order chi connectivity index (χ1) is 9.54. The van der Waals surface area contributed by atoms with E-state index in [9.17, 15) is 9.50 Å². The lowest BCUT2D eigenvalue weighted by molar-refractivity contribution is 0.123. The van der Waals surface area contributed by atoms with Gasteiger partial charge < -0.3 is 5.11 Å². The van der Waals surface area contributed by atoms with Gasteiger partial charge in [0.05, 0.1) is 6.10 Å². The summed E-state index contributed by atoms with van der Waals surface area (Å²) in [6, 6.07) is 14.4. The van der Waals surface area contributed by atoms with Crippen LogP contribution in [-0.4, -0.2) is 23.6 Å². The Labute approximate surface area is 119 Å². The molecule has 1 N–H and O–H groups in total. The van der Waals surface area contributed by atoms with Gasteiger partial charge in [0.2, 0.25) is 0 Å². The Kier molecular flexibility index (Phi) is 4.88. The van der Waals surface area contributed by atoms with E-state index >= 15 is 0 Å². The molecule has 0 heterocycles. The van der Waals surface area contributed by atoms with Gasteiger partial charge in [-0.05, 0) is 37.2 Å². The van der Waals surface area contributed by atoms with E-state index in [0.29, 0.717) is 12.1 Å². The van der Waals surface area contributed by atoms with Crippen molar-refractivity contribution in [3.05, 3.63) is 71.0 Å². The third-order valence-corrected chi connectivity index (χ3v) is 3.25. The number of likely N-dealkylation sites (N-methyl/N-ethyl adjacent to an activating group) is 1. The maximum absolute atomic E-state index is 13.1. The molecule has 0 radical (unpaired) electrons. The van der Waals surface area contributed by atoms with Crippen molar-refractivity contribution in [3.8, 4) is 0 Å². The van der Waals surface area contributed by atoms with Crippen LogP contribution < -0.4 is 0 Å². The first-order valence-corrected chi connectivity index (χ1v) is 6.72. The molecule has 0 saturated heterocycles. The van der Waals surface area contributed by atoms with Crippen LogP contribution in [0.25, 0.3) is 0 Å². The molecule has 1 unspecified atom stereocenters. The molecule has 0 aliphatic rings. The topological polar surface area (TPSA) is 23.5 Å². The zero-order valence-corrected chi connectivity index (χ0v) is 11.9. The maximum Gasteiger partial charge on any atom is 0.123 e. The number of halogens is 1. The fraction of sp³-hybridized carbons (Fsp3) is 0.294. The van der Waals surface area contributed by atoms with Crippen molar-refractivity contribution < 1.29 is 9.50 Å². The lowest BCUT2D eigenvalue weighted by Crippen LogP contribution is -2.24. The van der Waals surface area contributed by atoms with Crippen molar-refractivity contribution in [1.82, 2.24) is 4.90 Å². The molecule has 0 saturated carbocycles. The lowest BCUT2D eigenvalue weighted by Gasteiger charge is -2.21. The normalized spacial score (nSPS) is 12.7. The van der Waals surface area contributed by atoms with Gasteiger partial charge in [-0.15, -0.1) is 0 Å². The third kappa shape index (κ3) is 4.15. The maximum atomic E-state index is 13.1. The Morgan fingerprint density at radius 1 is 1.15 bits per heavy atom. The van der Waals surface area contributed by atoms with E-state index in [1.807, 2.05) is 18.0 Å². The second-order valence-corrected chi connectivity index (χ2v) is 5.26. The van der Waals surface area contributed by atoms with Crippen LogP contribution in [0.3, 0.4) is 0 Å². The van der Waals surface area contributed by atoms with E-state index in [0.717, 1.165) is 6.54 Å². The standard InChI is InChI=1S/C17H20FNO/c1-13-5-3-6-14(9-13)11-19(2)12-17(20)15-7-4-8-16(18)10-15/h3-10,17,20H,11-12H2,1-2H3. The van der Waals surface area contributed by atoms with E-state index in [-0.39, 0.29) is 5.82 Å². The predicted molar refractivity (Wildman–Crippen MR) is 78.9 cm³/mol. The molecule has 0 aliphatic heterocycles. The molecular weight excluding hydrogens is 253 g/mol. The molecule has 2 aromatic carbocycles. The zero-order valence-electron chi connectivity index (χ0n) is 11.9. The summed E-state index contributed by atoms with van der Waals surface area (Å²) in [5, 5.41) is 10.1. The summed E-state index contributed by atoms with van der Waals surface area (Å²) in [6.07, 6.45) is -0.680. The molecule has 2 aromatic rings. The number of benzene rings is 2. The quantitative estimate of drug-likeness (QED) is 0.903. The minimum atomic E-state index is -0.680. The number of hydrogen-bond donors (Lipinski definition) is 1. The van der Waals surface area contributed by atoms with E-state index in [2.05, 4.69) is 25.1 Å². The Balaban J connectivity index is 1.95. The third-order valence-electron chi connectivity index (χ3n) is 3.25. The fourth-order valence-corrected chi connectivity index (χ4v) is 2.30. The molecule has 106 valence electrons. The highest BCUT2D eigenvalue weighted by Crippen LogP contribution is 2.16. The van der Waals surface area contributed by atoms with E-state index in [1.165, 1.54) is 23.3 Å². The molecule has 3 heteroatoms. The molecular formula is C17H20FNO. The number of aliphatic hydroxyl groups is 1. The summed E-state index contributed by atoms with van der Waals surface area (Å²) in [5.41, 5.74) is 3.04. The Morgan fingerprint density at radius 2 is 1.90 bits per heavy atom. The molecule has 0 amide bonds. The fourth-order valence-electron chi connectivity index (χ4n) is 2.30. The van der Waals surface area contributed by atoms with Crippen molar-refractivity contribution >= 4 is 0 Å². The number of hydrogen-bond acceptors (Lipinski definition) is 2. The van der Waals surface area contributed by atoms with Gasteiger partial charge in [0.25, 0.3) is 0 Å². The predicted octanol–water partition coefficient (Wildman–Crippen LogP) is 3.30. The van der Waals surface area contributed by atoms with Crippen LogP contribution >= 0.6 is 0 Å². The highest BCUT2D eigenvalue weighted by atomic mass is 19.1. The van der Waals surface area contributed by atoms with Crippen LogP contribution in [0.2, 0.25) is 0 Å². The van der Waals surface area contributed by atoms with Gasteiger partial charge in [-0.3, -0.25) is 4.90 Å². The molecule has 0 aromatic heterocycles. The Bertz CT molecular complexity index is 570. The summed E-state index contributed by atoms with van der Waals surface area (Å²) in [6.45, 7) is 3.29. The minimum Gasteiger partial charge on any atom is -0.387 e. The van der Waals surface area contributed by atoms with Gasteiger partial charge in [-0.1, -0.05) is 42.0 Å². The monoisotopic (exact) mass is 273 g/mol. The highest BCUT2D eigenvalue weighted by Gasteiger charge is 2.11. The average molecular weight is 273 g/mol. The van der Waals surface area contributed by atoms with E-state index < -0.39 is 6.10 Å². The molecule has 1 atom stereocenters. The molecule has 0 fully saturated rings. The average Bonchev–Trinajstić information content (AvgIpc) is 2.38. The van der Waals surface area contributed by atoms with Crippen LogP contribution in [-0.2, 0) is 6.54 Å². The van der Waals surface area contributed by atoms with E-state index in [4.69, 9.17) is 0 Å². The largest absolute Gasteiger partial charge is 0.387 e. The van der Waals surface area contributed by atoms with Crippen LogP contribution in [0, 0.1) is 12.7 Å². The Hall–Kier alpha value is -1.71. The first-order valence-electron chi connectivity index (χ1n) is 6.72. The summed E-state index contributed by atoms with van der Waals surface area (Å²) >= 11 is 0. The van der Waals surface area contributed by atoms with Gasteiger partial charge in [0.1, 0.15) is 5.82 Å². The Morgan fingerprint density at radius 3 is 2.60 bits per heavy atom.